The maximum Gasteiger partial charge on any atom is 0.305 e. The van der Waals surface area contributed by atoms with Crippen molar-refractivity contribution < 1.29 is 14.3 Å². The van der Waals surface area contributed by atoms with Gasteiger partial charge in [0.25, 0.3) is 0 Å². The first-order valence-corrected chi connectivity index (χ1v) is 7.01. The van der Waals surface area contributed by atoms with Gasteiger partial charge in [0.05, 0.1) is 6.61 Å². The van der Waals surface area contributed by atoms with Crippen LogP contribution in [0.2, 0.25) is 0 Å². The lowest BCUT2D eigenvalue weighted by molar-refractivity contribution is -0.143. The van der Waals surface area contributed by atoms with Crippen molar-refractivity contribution in [3.8, 4) is 0 Å². The normalized spacial score (nSPS) is 14.2. The van der Waals surface area contributed by atoms with Crippen molar-refractivity contribution in [3.05, 3.63) is 0 Å². The zero-order valence-electron chi connectivity index (χ0n) is 12.0. The van der Waals surface area contributed by atoms with Crippen LogP contribution in [0.5, 0.6) is 0 Å². The van der Waals surface area contributed by atoms with Gasteiger partial charge in [0.15, 0.2) is 0 Å². The van der Waals surface area contributed by atoms with Crippen molar-refractivity contribution >= 4 is 11.9 Å². The number of unbranched alkanes of at least 4 members (excludes halogenated alkanes) is 3. The molecule has 0 aromatic heterocycles. The third kappa shape index (κ3) is 9.02. The largest absolute Gasteiger partial charge is 0.466 e. The molecule has 18 heavy (non-hydrogen) atoms. The van der Waals surface area contributed by atoms with E-state index in [1.165, 1.54) is 12.8 Å². The van der Waals surface area contributed by atoms with Crippen LogP contribution in [0.1, 0.15) is 58.8 Å². The lowest BCUT2D eigenvalue weighted by Gasteiger charge is -2.03. The quantitative estimate of drug-likeness (QED) is 0.543. The molecule has 1 saturated heterocycles. The molecule has 1 rings (SSSR count). The van der Waals surface area contributed by atoms with Gasteiger partial charge in [0.1, 0.15) is 0 Å². The van der Waals surface area contributed by atoms with Gasteiger partial charge in [-0.3, -0.25) is 9.59 Å². The maximum absolute atomic E-state index is 10.8. The molecule has 0 aromatic carbocycles. The monoisotopic (exact) mass is 257 g/mol. The van der Waals surface area contributed by atoms with Gasteiger partial charge in [0, 0.05) is 26.4 Å². The minimum atomic E-state index is -0.0522. The van der Waals surface area contributed by atoms with E-state index in [9.17, 15) is 9.59 Å². The zero-order valence-corrected chi connectivity index (χ0v) is 12.0. The molecule has 106 valence electrons. The zero-order chi connectivity index (χ0) is 13.8. The average molecular weight is 257 g/mol. The van der Waals surface area contributed by atoms with Crippen LogP contribution < -0.4 is 0 Å². The summed E-state index contributed by atoms with van der Waals surface area (Å²) in [5.74, 6) is 0.239. The molecule has 0 aliphatic carbocycles. The number of amides is 1. The predicted molar refractivity (Wildman–Crippen MR) is 72.3 cm³/mol. The molecule has 4 heteroatoms. The molecule has 1 heterocycles. The molecule has 0 spiro atoms. The minimum absolute atomic E-state index is 0.0522. The van der Waals surface area contributed by atoms with Crippen LogP contribution >= 0.6 is 0 Å². The summed E-state index contributed by atoms with van der Waals surface area (Å²) in [5, 5.41) is 0. The van der Waals surface area contributed by atoms with Crippen LogP contribution in [0.25, 0.3) is 0 Å². The molecule has 0 radical (unpaired) electrons. The van der Waals surface area contributed by atoms with Crippen LogP contribution in [-0.2, 0) is 14.3 Å². The molecule has 1 aliphatic rings. The molecule has 0 saturated carbocycles. The second-order valence-electron chi connectivity index (χ2n) is 4.53. The van der Waals surface area contributed by atoms with Gasteiger partial charge < -0.3 is 9.64 Å². The van der Waals surface area contributed by atoms with Gasteiger partial charge in [-0.2, -0.15) is 0 Å². The lowest BCUT2D eigenvalue weighted by atomic mass is 10.2. The molecule has 1 aliphatic heterocycles. The number of carbonyl (C=O) groups is 2. The van der Waals surface area contributed by atoms with Crippen molar-refractivity contribution in [1.82, 2.24) is 4.90 Å². The van der Waals surface area contributed by atoms with Crippen molar-refractivity contribution in [2.75, 3.05) is 20.2 Å². The fourth-order valence-corrected chi connectivity index (χ4v) is 1.71. The van der Waals surface area contributed by atoms with Gasteiger partial charge in [-0.15, -0.1) is 0 Å². The molecule has 0 N–H and O–H groups in total. The highest BCUT2D eigenvalue weighted by Gasteiger charge is 2.14. The van der Waals surface area contributed by atoms with Gasteiger partial charge in [-0.1, -0.05) is 26.2 Å². The molecular formula is C14H27NO3. The number of ether oxygens (including phenoxy) is 1. The van der Waals surface area contributed by atoms with E-state index in [1.54, 1.807) is 4.90 Å². The van der Waals surface area contributed by atoms with Crippen molar-refractivity contribution in [1.29, 1.82) is 0 Å². The highest BCUT2D eigenvalue weighted by molar-refractivity contribution is 5.77. The van der Waals surface area contributed by atoms with Gasteiger partial charge in [0.2, 0.25) is 5.91 Å². The van der Waals surface area contributed by atoms with Crippen LogP contribution in [0.4, 0.5) is 0 Å². The minimum Gasteiger partial charge on any atom is -0.466 e. The smallest absolute Gasteiger partial charge is 0.305 e. The Bertz CT molecular complexity index is 241. The second-order valence-corrected chi connectivity index (χ2v) is 4.53. The summed E-state index contributed by atoms with van der Waals surface area (Å²) in [6, 6.07) is 0. The van der Waals surface area contributed by atoms with E-state index in [2.05, 4.69) is 6.92 Å². The fraction of sp³-hybridized carbons (Fsp3) is 0.857. The van der Waals surface area contributed by atoms with E-state index in [-0.39, 0.29) is 5.97 Å². The number of carbonyl (C=O) groups excluding carboxylic acids is 2. The van der Waals surface area contributed by atoms with E-state index < -0.39 is 0 Å². The Balaban J connectivity index is 0.000000351. The summed E-state index contributed by atoms with van der Waals surface area (Å²) in [6.07, 6.45) is 6.96. The summed E-state index contributed by atoms with van der Waals surface area (Å²) in [4.78, 5) is 23.0. The summed E-state index contributed by atoms with van der Waals surface area (Å²) >= 11 is 0. The van der Waals surface area contributed by atoms with E-state index in [0.29, 0.717) is 18.9 Å². The SMILES string of the molecule is CCCCCCC(=O)OCC.CN1CCCC1=O. The van der Waals surface area contributed by atoms with Gasteiger partial charge >= 0.3 is 5.97 Å². The Morgan fingerprint density at radius 1 is 1.28 bits per heavy atom. The first-order valence-electron chi connectivity index (χ1n) is 7.01. The molecule has 0 aromatic rings. The standard InChI is InChI=1S/C9H18O2.C5H9NO/c1-3-5-6-7-8-9(10)11-4-2;1-6-4-2-3-5(6)7/h3-8H2,1-2H3;2-4H2,1H3. The predicted octanol–water partition coefficient (Wildman–Crippen LogP) is 2.76. The van der Waals surface area contributed by atoms with Crippen molar-refractivity contribution in [3.63, 3.8) is 0 Å². The van der Waals surface area contributed by atoms with Gasteiger partial charge in [-0.05, 0) is 19.8 Å². The average Bonchev–Trinajstić information content (AvgIpc) is 2.71. The number of likely N-dealkylation sites (tertiary alicyclic amines) is 1. The topological polar surface area (TPSA) is 46.6 Å². The summed E-state index contributed by atoms with van der Waals surface area (Å²) in [5.41, 5.74) is 0. The van der Waals surface area contributed by atoms with E-state index >= 15 is 0 Å². The van der Waals surface area contributed by atoms with Gasteiger partial charge in [-0.25, -0.2) is 0 Å². The highest BCUT2D eigenvalue weighted by atomic mass is 16.5. The Hall–Kier alpha value is -1.06. The van der Waals surface area contributed by atoms with Crippen LogP contribution in [0, 0.1) is 0 Å². The van der Waals surface area contributed by atoms with Crippen molar-refractivity contribution in [2.45, 2.75) is 58.8 Å². The Morgan fingerprint density at radius 2 is 2.00 bits per heavy atom. The van der Waals surface area contributed by atoms with E-state index in [4.69, 9.17) is 4.74 Å². The number of esters is 1. The second kappa shape index (κ2) is 11.1. The Morgan fingerprint density at radius 3 is 2.39 bits per heavy atom. The summed E-state index contributed by atoms with van der Waals surface area (Å²) < 4.78 is 4.78. The molecule has 4 nitrogen and oxygen atoms in total. The number of rotatable bonds is 6. The summed E-state index contributed by atoms with van der Waals surface area (Å²) in [6.45, 7) is 5.46. The third-order valence-corrected chi connectivity index (χ3v) is 2.85. The highest BCUT2D eigenvalue weighted by Crippen LogP contribution is 2.05. The maximum atomic E-state index is 10.8. The number of hydrogen-bond donors (Lipinski definition) is 0. The van der Waals surface area contributed by atoms with Crippen LogP contribution in [0.15, 0.2) is 0 Å². The first kappa shape index (κ1) is 16.9. The Labute approximate surface area is 111 Å². The number of hydrogen-bond acceptors (Lipinski definition) is 3. The van der Waals surface area contributed by atoms with Crippen molar-refractivity contribution in [2.24, 2.45) is 0 Å². The van der Waals surface area contributed by atoms with Crippen LogP contribution in [0.3, 0.4) is 0 Å². The van der Waals surface area contributed by atoms with E-state index in [0.717, 1.165) is 32.2 Å². The fourth-order valence-electron chi connectivity index (χ4n) is 1.71. The molecule has 1 fully saturated rings. The first-order chi connectivity index (χ1) is 8.61. The van der Waals surface area contributed by atoms with Crippen LogP contribution in [-0.4, -0.2) is 37.0 Å². The summed E-state index contributed by atoms with van der Waals surface area (Å²) in [7, 11) is 1.84. The molecule has 0 bridgehead atoms. The molecule has 0 unspecified atom stereocenters. The Kier molecular flexibility index (Phi) is 10.4. The van der Waals surface area contributed by atoms with E-state index in [1.807, 2.05) is 14.0 Å². The molecular weight excluding hydrogens is 230 g/mol. The lowest BCUT2D eigenvalue weighted by Crippen LogP contribution is -2.17. The third-order valence-electron chi connectivity index (χ3n) is 2.85. The molecule has 0 atom stereocenters. The number of nitrogens with zero attached hydrogens (tertiary/aromatic N) is 1. The molecule has 1 amide bonds.